The molecular weight excluding hydrogens is 248 g/mol. The van der Waals surface area contributed by atoms with E-state index in [-0.39, 0.29) is 17.2 Å². The van der Waals surface area contributed by atoms with Gasteiger partial charge in [0.1, 0.15) is 5.75 Å². The van der Waals surface area contributed by atoms with Gasteiger partial charge >= 0.3 is 5.97 Å². The average Bonchev–Trinajstić information content (AvgIpc) is 2.37. The van der Waals surface area contributed by atoms with E-state index in [9.17, 15) is 9.59 Å². The summed E-state index contributed by atoms with van der Waals surface area (Å²) in [5, 5.41) is 11.6. The summed E-state index contributed by atoms with van der Waals surface area (Å²) < 4.78 is 4.95. The van der Waals surface area contributed by atoms with Crippen LogP contribution >= 0.6 is 0 Å². The van der Waals surface area contributed by atoms with Gasteiger partial charge in [-0.3, -0.25) is 4.79 Å². The zero-order valence-electron chi connectivity index (χ0n) is 11.1. The maximum atomic E-state index is 11.8. The summed E-state index contributed by atoms with van der Waals surface area (Å²) in [7, 11) is 1.44. The molecule has 1 rings (SSSR count). The molecule has 104 valence electrons. The Kier molecular flexibility index (Phi) is 4.88. The molecule has 0 radical (unpaired) electrons. The van der Waals surface area contributed by atoms with Crippen LogP contribution in [0.5, 0.6) is 5.75 Å². The minimum Gasteiger partial charge on any atom is -0.497 e. The third kappa shape index (κ3) is 3.69. The molecule has 0 fully saturated rings. The van der Waals surface area contributed by atoms with E-state index in [1.807, 2.05) is 13.8 Å². The molecule has 1 aromatic carbocycles. The number of benzene rings is 1. The maximum absolute atomic E-state index is 11.8. The van der Waals surface area contributed by atoms with Gasteiger partial charge in [-0.05, 0) is 24.1 Å². The first-order valence-corrected chi connectivity index (χ1v) is 5.84. The largest absolute Gasteiger partial charge is 0.497 e. The van der Waals surface area contributed by atoms with Crippen LogP contribution in [0.1, 0.15) is 24.2 Å². The number of amides is 1. The Morgan fingerprint density at radius 1 is 1.37 bits per heavy atom. The molecule has 6 heteroatoms. The standard InChI is InChI=1S/C13H18N2O4/c1-7(2)11(14)12(16)15-10-5-4-8(19-3)6-9(10)13(17)18/h4-7,11H,14H2,1-3H3,(H,15,16)(H,17,18)/t11-/m1/s1. The monoisotopic (exact) mass is 266 g/mol. The van der Waals surface area contributed by atoms with Crippen molar-refractivity contribution >= 4 is 17.6 Å². The van der Waals surface area contributed by atoms with Gasteiger partial charge in [0.05, 0.1) is 24.4 Å². The smallest absolute Gasteiger partial charge is 0.337 e. The Labute approximate surface area is 111 Å². The molecule has 0 aliphatic heterocycles. The van der Waals surface area contributed by atoms with Crippen LogP contribution in [0.15, 0.2) is 18.2 Å². The quantitative estimate of drug-likeness (QED) is 0.746. The predicted molar refractivity (Wildman–Crippen MR) is 71.4 cm³/mol. The number of rotatable bonds is 5. The topological polar surface area (TPSA) is 102 Å². The average molecular weight is 266 g/mol. The number of nitrogens with one attached hydrogen (secondary N) is 1. The lowest BCUT2D eigenvalue weighted by molar-refractivity contribution is -0.118. The maximum Gasteiger partial charge on any atom is 0.337 e. The lowest BCUT2D eigenvalue weighted by Crippen LogP contribution is -2.40. The lowest BCUT2D eigenvalue weighted by Gasteiger charge is -2.16. The van der Waals surface area contributed by atoms with Crippen LogP contribution < -0.4 is 15.8 Å². The summed E-state index contributed by atoms with van der Waals surface area (Å²) in [6, 6.07) is 3.71. The Hall–Kier alpha value is -2.08. The van der Waals surface area contributed by atoms with Crippen molar-refractivity contribution in [3.63, 3.8) is 0 Å². The number of carbonyl (C=O) groups excluding carboxylic acids is 1. The molecule has 0 bridgehead atoms. The number of anilines is 1. The third-order valence-corrected chi connectivity index (χ3v) is 2.74. The Morgan fingerprint density at radius 3 is 2.47 bits per heavy atom. The van der Waals surface area contributed by atoms with Gasteiger partial charge in [-0.15, -0.1) is 0 Å². The van der Waals surface area contributed by atoms with Gasteiger partial charge in [0.2, 0.25) is 5.91 Å². The van der Waals surface area contributed by atoms with Gasteiger partial charge in [-0.25, -0.2) is 4.79 Å². The fourth-order valence-corrected chi connectivity index (χ4v) is 1.46. The highest BCUT2D eigenvalue weighted by Crippen LogP contribution is 2.22. The van der Waals surface area contributed by atoms with E-state index >= 15 is 0 Å². The van der Waals surface area contributed by atoms with Crippen molar-refractivity contribution in [1.82, 2.24) is 0 Å². The van der Waals surface area contributed by atoms with Gasteiger partial charge < -0.3 is 20.9 Å². The summed E-state index contributed by atoms with van der Waals surface area (Å²) >= 11 is 0. The second kappa shape index (κ2) is 6.19. The van der Waals surface area contributed by atoms with E-state index in [0.29, 0.717) is 5.75 Å². The van der Waals surface area contributed by atoms with Crippen LogP contribution in [0.3, 0.4) is 0 Å². The highest BCUT2D eigenvalue weighted by atomic mass is 16.5. The molecule has 19 heavy (non-hydrogen) atoms. The molecule has 6 nitrogen and oxygen atoms in total. The number of carboxylic acids is 1. The molecule has 0 spiro atoms. The van der Waals surface area contributed by atoms with E-state index in [4.69, 9.17) is 15.6 Å². The molecule has 0 unspecified atom stereocenters. The minimum atomic E-state index is -1.15. The van der Waals surface area contributed by atoms with Crippen molar-refractivity contribution in [3.05, 3.63) is 23.8 Å². The first-order chi connectivity index (χ1) is 8.86. The van der Waals surface area contributed by atoms with Gasteiger partial charge in [0, 0.05) is 0 Å². The van der Waals surface area contributed by atoms with E-state index in [0.717, 1.165) is 0 Å². The molecular formula is C13H18N2O4. The van der Waals surface area contributed by atoms with Gasteiger partial charge in [-0.1, -0.05) is 13.8 Å². The number of nitrogens with two attached hydrogens (primary N) is 1. The second-order valence-electron chi connectivity index (χ2n) is 4.48. The summed E-state index contributed by atoms with van der Waals surface area (Å²) in [5.74, 6) is -1.19. The highest BCUT2D eigenvalue weighted by molar-refractivity contribution is 6.02. The summed E-state index contributed by atoms with van der Waals surface area (Å²) in [6.45, 7) is 3.63. The van der Waals surface area contributed by atoms with E-state index in [1.165, 1.54) is 19.2 Å². The van der Waals surface area contributed by atoms with Crippen LogP contribution in [0, 0.1) is 5.92 Å². The third-order valence-electron chi connectivity index (χ3n) is 2.74. The van der Waals surface area contributed by atoms with Crippen molar-refractivity contribution < 1.29 is 19.4 Å². The van der Waals surface area contributed by atoms with Gasteiger partial charge in [0.25, 0.3) is 0 Å². The minimum absolute atomic E-state index is 0.0356. The number of carboxylic acid groups (broad SMARTS) is 1. The van der Waals surface area contributed by atoms with Crippen molar-refractivity contribution in [2.45, 2.75) is 19.9 Å². The van der Waals surface area contributed by atoms with Gasteiger partial charge in [0.15, 0.2) is 0 Å². The Morgan fingerprint density at radius 2 is 2.00 bits per heavy atom. The van der Waals surface area contributed by atoms with E-state index in [1.54, 1.807) is 6.07 Å². The molecule has 0 heterocycles. The molecule has 4 N–H and O–H groups in total. The number of hydrogen-bond donors (Lipinski definition) is 3. The number of aromatic carboxylic acids is 1. The fourth-order valence-electron chi connectivity index (χ4n) is 1.46. The van der Waals surface area contributed by atoms with Crippen molar-refractivity contribution in [2.24, 2.45) is 11.7 Å². The Balaban J connectivity index is 3.01. The Bertz CT molecular complexity index is 486. The summed E-state index contributed by atoms with van der Waals surface area (Å²) in [5.41, 5.74) is 5.87. The van der Waals surface area contributed by atoms with Crippen LogP contribution in [0.2, 0.25) is 0 Å². The zero-order chi connectivity index (χ0) is 14.6. The fraction of sp³-hybridized carbons (Fsp3) is 0.385. The molecule has 0 saturated heterocycles. The molecule has 0 aliphatic carbocycles. The molecule has 1 aromatic rings. The van der Waals surface area contributed by atoms with Gasteiger partial charge in [-0.2, -0.15) is 0 Å². The van der Waals surface area contributed by atoms with Crippen LogP contribution in [0.25, 0.3) is 0 Å². The van der Waals surface area contributed by atoms with Crippen molar-refractivity contribution in [2.75, 3.05) is 12.4 Å². The predicted octanol–water partition coefficient (Wildman–Crippen LogP) is 1.32. The van der Waals surface area contributed by atoms with Crippen LogP contribution in [0.4, 0.5) is 5.69 Å². The van der Waals surface area contributed by atoms with Crippen molar-refractivity contribution in [3.8, 4) is 5.75 Å². The first kappa shape index (κ1) is 15.0. The number of carbonyl (C=O) groups is 2. The summed E-state index contributed by atoms with van der Waals surface area (Å²) in [4.78, 5) is 23.0. The molecule has 1 amide bonds. The molecule has 1 atom stereocenters. The molecule has 0 saturated carbocycles. The van der Waals surface area contributed by atoms with E-state index in [2.05, 4.69) is 5.32 Å². The van der Waals surface area contributed by atoms with Crippen LogP contribution in [-0.2, 0) is 4.79 Å². The SMILES string of the molecule is COc1ccc(NC(=O)[C@H](N)C(C)C)c(C(=O)O)c1. The normalized spacial score (nSPS) is 12.1. The zero-order valence-corrected chi connectivity index (χ0v) is 11.1. The summed E-state index contributed by atoms with van der Waals surface area (Å²) in [6.07, 6.45) is 0. The van der Waals surface area contributed by atoms with E-state index < -0.39 is 17.9 Å². The van der Waals surface area contributed by atoms with Crippen LogP contribution in [-0.4, -0.2) is 30.1 Å². The number of hydrogen-bond acceptors (Lipinski definition) is 4. The molecule has 0 aromatic heterocycles. The number of methoxy groups -OCH3 is 1. The highest BCUT2D eigenvalue weighted by Gasteiger charge is 2.20. The second-order valence-corrected chi connectivity index (χ2v) is 4.48. The molecule has 0 aliphatic rings. The number of ether oxygens (including phenoxy) is 1. The lowest BCUT2D eigenvalue weighted by atomic mass is 10.0. The first-order valence-electron chi connectivity index (χ1n) is 5.84. The van der Waals surface area contributed by atoms with Crippen molar-refractivity contribution in [1.29, 1.82) is 0 Å².